The third-order valence-corrected chi connectivity index (χ3v) is 5.33. The first-order chi connectivity index (χ1) is 15.6. The summed E-state index contributed by atoms with van der Waals surface area (Å²) in [6.45, 7) is 0. The number of anilines is 2. The Balaban J connectivity index is 1.33. The lowest BCUT2D eigenvalue weighted by Crippen LogP contribution is -2.39. The van der Waals surface area contributed by atoms with Crippen molar-refractivity contribution in [2.45, 2.75) is 12.5 Å². The van der Waals surface area contributed by atoms with Crippen LogP contribution in [-0.2, 0) is 9.59 Å². The average molecular weight is 424 g/mol. The maximum atomic E-state index is 12.8. The number of imidazole rings is 1. The van der Waals surface area contributed by atoms with Crippen LogP contribution in [0.5, 0.6) is 0 Å². The topological polar surface area (TPSA) is 116 Å². The van der Waals surface area contributed by atoms with Gasteiger partial charge in [0.25, 0.3) is 5.91 Å². The Morgan fingerprint density at radius 1 is 0.969 bits per heavy atom. The number of rotatable bonds is 5. The number of hydrazone groups is 1. The summed E-state index contributed by atoms with van der Waals surface area (Å²) in [5, 5.41) is 8.71. The van der Waals surface area contributed by atoms with Crippen molar-refractivity contribution in [3.8, 4) is 11.4 Å². The highest BCUT2D eigenvalue weighted by atomic mass is 16.2. The number of benzene rings is 3. The fourth-order valence-electron chi connectivity index (χ4n) is 3.69. The molecular weight excluding hydrogens is 404 g/mol. The quantitative estimate of drug-likeness (QED) is 0.456. The number of aromatic nitrogens is 2. The highest BCUT2D eigenvalue weighted by molar-refractivity contribution is 6.44. The molecule has 0 fully saturated rings. The number of hydrogen-bond acceptors (Lipinski definition) is 5. The van der Waals surface area contributed by atoms with Crippen LogP contribution < -0.4 is 16.1 Å². The molecular formula is C24H20N6O2. The van der Waals surface area contributed by atoms with Crippen LogP contribution in [0, 0.1) is 0 Å². The molecule has 0 spiro atoms. The van der Waals surface area contributed by atoms with Crippen molar-refractivity contribution in [1.29, 1.82) is 0 Å². The number of amides is 2. The summed E-state index contributed by atoms with van der Waals surface area (Å²) in [7, 11) is 0. The van der Waals surface area contributed by atoms with Crippen molar-refractivity contribution in [2.24, 2.45) is 10.8 Å². The number of nitrogens with two attached hydrogens (primary N) is 1. The van der Waals surface area contributed by atoms with Crippen LogP contribution in [-0.4, -0.2) is 33.5 Å². The van der Waals surface area contributed by atoms with Crippen LogP contribution >= 0.6 is 0 Å². The molecule has 0 bridgehead atoms. The van der Waals surface area contributed by atoms with Crippen LogP contribution in [0.1, 0.15) is 6.42 Å². The predicted molar refractivity (Wildman–Crippen MR) is 124 cm³/mol. The van der Waals surface area contributed by atoms with E-state index in [9.17, 15) is 9.59 Å². The number of nitrogens with one attached hydrogen (secondary N) is 2. The Morgan fingerprint density at radius 3 is 2.41 bits per heavy atom. The van der Waals surface area contributed by atoms with E-state index in [1.54, 1.807) is 12.1 Å². The Hall–Kier alpha value is -4.46. The summed E-state index contributed by atoms with van der Waals surface area (Å²) in [6, 6.07) is 23.7. The number of hydrogen-bond donors (Lipinski definition) is 3. The van der Waals surface area contributed by atoms with E-state index >= 15 is 0 Å². The molecule has 4 N–H and O–H groups in total. The van der Waals surface area contributed by atoms with E-state index < -0.39 is 11.9 Å². The van der Waals surface area contributed by atoms with Crippen molar-refractivity contribution in [3.05, 3.63) is 78.9 Å². The third-order valence-electron chi connectivity index (χ3n) is 5.33. The molecule has 0 radical (unpaired) electrons. The van der Waals surface area contributed by atoms with Gasteiger partial charge < -0.3 is 16.0 Å². The van der Waals surface area contributed by atoms with E-state index in [2.05, 4.69) is 20.4 Å². The van der Waals surface area contributed by atoms with Gasteiger partial charge in [-0.1, -0.05) is 30.3 Å². The normalized spacial score (nSPS) is 15.6. The maximum Gasteiger partial charge on any atom is 0.271 e. The first kappa shape index (κ1) is 19.5. The molecule has 1 atom stereocenters. The third kappa shape index (κ3) is 3.69. The van der Waals surface area contributed by atoms with E-state index in [1.165, 1.54) is 5.01 Å². The van der Waals surface area contributed by atoms with E-state index in [0.717, 1.165) is 22.4 Å². The molecule has 158 valence electrons. The lowest BCUT2D eigenvalue weighted by molar-refractivity contribution is -0.119. The first-order valence-electron chi connectivity index (χ1n) is 10.2. The van der Waals surface area contributed by atoms with Gasteiger partial charge in [0, 0.05) is 17.7 Å². The van der Waals surface area contributed by atoms with Crippen LogP contribution in [0.15, 0.2) is 84.0 Å². The molecule has 32 heavy (non-hydrogen) atoms. The van der Waals surface area contributed by atoms with Gasteiger partial charge in [0.15, 0.2) is 0 Å². The highest BCUT2D eigenvalue weighted by Gasteiger charge is 2.34. The average Bonchev–Trinajstić information content (AvgIpc) is 3.45. The number of primary amides is 1. The highest BCUT2D eigenvalue weighted by Crippen LogP contribution is 2.25. The van der Waals surface area contributed by atoms with Gasteiger partial charge in [-0.25, -0.2) is 4.98 Å². The number of carbonyl (C=O) groups excluding carboxylic acids is 2. The Kier molecular flexibility index (Phi) is 4.87. The van der Waals surface area contributed by atoms with Gasteiger partial charge in [0.2, 0.25) is 5.91 Å². The first-order valence-corrected chi connectivity index (χ1v) is 10.2. The molecule has 0 saturated heterocycles. The van der Waals surface area contributed by atoms with Gasteiger partial charge in [-0.05, 0) is 48.5 Å². The van der Waals surface area contributed by atoms with Gasteiger partial charge >= 0.3 is 0 Å². The zero-order valence-electron chi connectivity index (χ0n) is 17.0. The number of para-hydroxylation sites is 3. The van der Waals surface area contributed by atoms with E-state index in [0.29, 0.717) is 11.4 Å². The molecule has 4 aromatic rings. The van der Waals surface area contributed by atoms with Crippen LogP contribution in [0.4, 0.5) is 11.4 Å². The molecule has 8 heteroatoms. The van der Waals surface area contributed by atoms with E-state index in [4.69, 9.17) is 5.73 Å². The van der Waals surface area contributed by atoms with Gasteiger partial charge in [-0.3, -0.25) is 14.6 Å². The molecule has 0 saturated carbocycles. The van der Waals surface area contributed by atoms with Crippen LogP contribution in [0.25, 0.3) is 22.4 Å². The van der Waals surface area contributed by atoms with E-state index in [-0.39, 0.29) is 18.0 Å². The fourth-order valence-corrected chi connectivity index (χ4v) is 3.69. The number of carbonyl (C=O) groups is 2. The molecule has 0 aliphatic carbocycles. The minimum Gasteiger partial charge on any atom is -0.368 e. The lowest BCUT2D eigenvalue weighted by atomic mass is 10.1. The Bertz CT molecular complexity index is 1290. The summed E-state index contributed by atoms with van der Waals surface area (Å²) in [4.78, 5) is 32.6. The molecule has 3 aromatic carbocycles. The van der Waals surface area contributed by atoms with E-state index in [1.807, 2.05) is 66.7 Å². The monoisotopic (exact) mass is 424 g/mol. The fraction of sp³-hybridized carbons (Fsp3) is 0.0833. The summed E-state index contributed by atoms with van der Waals surface area (Å²) in [5.41, 5.74) is 9.88. The number of fused-ring (bicyclic) bond motifs is 1. The van der Waals surface area contributed by atoms with Crippen molar-refractivity contribution in [2.75, 3.05) is 10.3 Å². The van der Waals surface area contributed by atoms with Gasteiger partial charge in [0.1, 0.15) is 17.6 Å². The minimum atomic E-state index is -0.700. The number of nitrogens with zero attached hydrogens (tertiary/aromatic N) is 3. The largest absolute Gasteiger partial charge is 0.368 e. The van der Waals surface area contributed by atoms with Crippen LogP contribution in [0.2, 0.25) is 0 Å². The van der Waals surface area contributed by atoms with Crippen molar-refractivity contribution < 1.29 is 9.59 Å². The Labute approximate surface area is 183 Å². The number of aromatic amines is 1. The van der Waals surface area contributed by atoms with Crippen molar-refractivity contribution in [1.82, 2.24) is 9.97 Å². The molecule has 1 unspecified atom stereocenters. The standard InChI is InChI=1S/C24H20N6O2/c25-22(31)21-14-20(29-30(21)17-6-2-1-3-7-17)24(32)26-16-12-10-15(11-13-16)23-27-18-8-4-5-9-19(18)28-23/h1-13,21H,14H2,(H2,25,31)(H,26,32)(H,27,28). The van der Waals surface area contributed by atoms with Crippen molar-refractivity contribution in [3.63, 3.8) is 0 Å². The van der Waals surface area contributed by atoms with Crippen LogP contribution in [0.3, 0.4) is 0 Å². The summed E-state index contributed by atoms with van der Waals surface area (Å²) < 4.78 is 0. The van der Waals surface area contributed by atoms with Gasteiger partial charge in [0.05, 0.1) is 16.7 Å². The molecule has 1 aromatic heterocycles. The molecule has 1 aliphatic heterocycles. The molecule has 8 nitrogen and oxygen atoms in total. The Morgan fingerprint density at radius 2 is 1.69 bits per heavy atom. The maximum absolute atomic E-state index is 12.8. The molecule has 1 aliphatic rings. The summed E-state index contributed by atoms with van der Waals surface area (Å²) in [5.74, 6) is -0.145. The second kappa shape index (κ2) is 7.99. The zero-order valence-corrected chi connectivity index (χ0v) is 17.0. The summed E-state index contributed by atoms with van der Waals surface area (Å²) in [6.07, 6.45) is 0.146. The SMILES string of the molecule is NC(=O)C1CC(C(=O)Nc2ccc(-c3nc4ccccc4[nH]3)cc2)=NN1c1ccccc1. The molecule has 2 amide bonds. The minimum absolute atomic E-state index is 0.146. The lowest BCUT2D eigenvalue weighted by Gasteiger charge is -2.20. The second-order valence-electron chi connectivity index (χ2n) is 7.48. The summed E-state index contributed by atoms with van der Waals surface area (Å²) >= 11 is 0. The molecule has 5 rings (SSSR count). The van der Waals surface area contributed by atoms with Gasteiger partial charge in [-0.2, -0.15) is 5.10 Å². The van der Waals surface area contributed by atoms with Gasteiger partial charge in [-0.15, -0.1) is 0 Å². The number of H-pyrrole nitrogens is 1. The molecule has 2 heterocycles. The predicted octanol–water partition coefficient (Wildman–Crippen LogP) is 3.29. The van der Waals surface area contributed by atoms with Crippen molar-refractivity contribution >= 4 is 39.9 Å². The second-order valence-corrected chi connectivity index (χ2v) is 7.48. The smallest absolute Gasteiger partial charge is 0.271 e. The zero-order chi connectivity index (χ0) is 22.1.